The molecule has 1 aromatic rings. The minimum atomic E-state index is -4.12. The van der Waals surface area contributed by atoms with E-state index < -0.39 is 19.0 Å². The van der Waals surface area contributed by atoms with Crippen molar-refractivity contribution in [1.82, 2.24) is 4.98 Å². The molecule has 0 saturated carbocycles. The Kier molecular flexibility index (Phi) is 4.94. The molecule has 92 valence electrons. The minimum Gasteiger partial charge on any atom is -0.368 e. The van der Waals surface area contributed by atoms with Gasteiger partial charge in [-0.2, -0.15) is 8.78 Å². The molecule has 0 N–H and O–H groups in total. The molecule has 0 fully saturated rings. The number of alkyl halides is 5. The molecule has 0 aliphatic rings. The molecule has 1 rings (SSSR count). The fraction of sp³-hybridized carbons (Fsp3) is 0.625. The molecule has 0 saturated heterocycles. The first-order chi connectivity index (χ1) is 7.45. The summed E-state index contributed by atoms with van der Waals surface area (Å²) < 4.78 is 52.8. The second-order valence-corrected chi connectivity index (χ2v) is 4.38. The topological polar surface area (TPSA) is 22.1 Å². The lowest BCUT2D eigenvalue weighted by Gasteiger charge is -2.14. The van der Waals surface area contributed by atoms with E-state index in [0.29, 0.717) is 5.01 Å². The first-order valence-electron chi connectivity index (χ1n) is 4.19. The molecular formula is C8H8ClF4NOS. The number of hydrogen-bond acceptors (Lipinski definition) is 3. The molecule has 16 heavy (non-hydrogen) atoms. The summed E-state index contributed by atoms with van der Waals surface area (Å²) in [6.45, 7) is -1.54. The van der Waals surface area contributed by atoms with Crippen molar-refractivity contribution >= 4 is 22.9 Å². The smallest absolute Gasteiger partial charge is 0.330 e. The number of rotatable bonds is 6. The van der Waals surface area contributed by atoms with Gasteiger partial charge in [-0.1, -0.05) is 0 Å². The molecule has 2 nitrogen and oxygen atoms in total. The van der Waals surface area contributed by atoms with Crippen molar-refractivity contribution in [2.45, 2.75) is 24.8 Å². The molecule has 1 aromatic heterocycles. The Morgan fingerprint density at radius 2 is 2.19 bits per heavy atom. The van der Waals surface area contributed by atoms with Crippen molar-refractivity contribution in [3.05, 3.63) is 16.1 Å². The predicted octanol–water partition coefficient (Wildman–Crippen LogP) is 3.30. The number of nitrogens with zero attached hydrogens (tertiary/aromatic N) is 1. The molecular weight excluding hydrogens is 270 g/mol. The van der Waals surface area contributed by atoms with E-state index in [2.05, 4.69) is 9.72 Å². The average Bonchev–Trinajstić information content (AvgIpc) is 2.65. The third kappa shape index (κ3) is 3.88. The Hall–Kier alpha value is -0.400. The van der Waals surface area contributed by atoms with Gasteiger partial charge in [0.05, 0.1) is 12.5 Å². The van der Waals surface area contributed by atoms with E-state index in [-0.39, 0.29) is 12.5 Å². The van der Waals surface area contributed by atoms with E-state index in [9.17, 15) is 17.6 Å². The highest BCUT2D eigenvalue weighted by molar-refractivity contribution is 7.11. The first kappa shape index (κ1) is 13.7. The van der Waals surface area contributed by atoms with Crippen LogP contribution < -0.4 is 0 Å². The summed E-state index contributed by atoms with van der Waals surface area (Å²) in [4.78, 5) is 4.59. The van der Waals surface area contributed by atoms with Gasteiger partial charge in [0.15, 0.2) is 0 Å². The van der Waals surface area contributed by atoms with Crippen molar-refractivity contribution in [3.8, 4) is 0 Å². The normalized spacial score (nSPS) is 12.4. The largest absolute Gasteiger partial charge is 0.368 e. The molecule has 0 bridgehead atoms. The Balaban J connectivity index is 2.35. The van der Waals surface area contributed by atoms with Gasteiger partial charge in [0.25, 0.3) is 0 Å². The summed E-state index contributed by atoms with van der Waals surface area (Å²) in [6, 6.07) is 0. The van der Waals surface area contributed by atoms with E-state index in [1.807, 2.05) is 0 Å². The monoisotopic (exact) mass is 277 g/mol. The van der Waals surface area contributed by atoms with Crippen LogP contribution in [0.15, 0.2) is 6.20 Å². The number of thiazole rings is 1. The molecule has 1 heterocycles. The zero-order chi connectivity index (χ0) is 12.2. The highest BCUT2D eigenvalue weighted by Gasteiger charge is 2.40. The van der Waals surface area contributed by atoms with E-state index in [1.165, 1.54) is 17.5 Å². The maximum absolute atomic E-state index is 12.4. The number of ether oxygens (including phenoxy) is 1. The fourth-order valence-electron chi connectivity index (χ4n) is 0.814. The standard InChI is InChI=1S/C8H8ClF4NOS/c9-1-5-2-14-6(16-5)3-15-4-8(12,13)7(10)11/h2,7H,1,3-4H2. The molecule has 0 unspecified atom stereocenters. The van der Waals surface area contributed by atoms with Crippen LogP contribution in [0.1, 0.15) is 9.88 Å². The zero-order valence-corrected chi connectivity index (χ0v) is 9.50. The Labute approximate surface area is 98.2 Å². The van der Waals surface area contributed by atoms with Crippen LogP contribution in [-0.4, -0.2) is 23.9 Å². The van der Waals surface area contributed by atoms with Gasteiger partial charge in [-0.3, -0.25) is 0 Å². The lowest BCUT2D eigenvalue weighted by atomic mass is 10.4. The Morgan fingerprint density at radius 3 is 2.69 bits per heavy atom. The van der Waals surface area contributed by atoms with E-state index >= 15 is 0 Å². The van der Waals surface area contributed by atoms with Crippen LogP contribution in [0.3, 0.4) is 0 Å². The summed E-state index contributed by atoms with van der Waals surface area (Å²) in [5.41, 5.74) is 0. The molecule has 0 aliphatic carbocycles. The summed E-state index contributed by atoms with van der Waals surface area (Å²) in [6.07, 6.45) is -2.23. The second-order valence-electron chi connectivity index (χ2n) is 2.91. The van der Waals surface area contributed by atoms with Crippen molar-refractivity contribution < 1.29 is 22.3 Å². The maximum atomic E-state index is 12.4. The number of hydrogen-bond donors (Lipinski definition) is 0. The van der Waals surface area contributed by atoms with E-state index in [4.69, 9.17) is 11.6 Å². The van der Waals surface area contributed by atoms with E-state index in [1.54, 1.807) is 0 Å². The average molecular weight is 278 g/mol. The molecule has 8 heteroatoms. The third-order valence-corrected chi connectivity index (χ3v) is 2.99. The zero-order valence-electron chi connectivity index (χ0n) is 7.93. The summed E-state index contributed by atoms with van der Waals surface area (Å²) in [5.74, 6) is -3.85. The van der Waals surface area contributed by atoms with Gasteiger partial charge in [0, 0.05) is 11.1 Å². The van der Waals surface area contributed by atoms with Crippen molar-refractivity contribution in [3.63, 3.8) is 0 Å². The van der Waals surface area contributed by atoms with Gasteiger partial charge < -0.3 is 4.74 Å². The number of halogens is 5. The van der Waals surface area contributed by atoms with Crippen LogP contribution >= 0.6 is 22.9 Å². The van der Waals surface area contributed by atoms with Crippen LogP contribution in [0.5, 0.6) is 0 Å². The van der Waals surface area contributed by atoms with Gasteiger partial charge in [-0.25, -0.2) is 13.8 Å². The molecule has 0 amide bonds. The molecule has 0 aliphatic heterocycles. The second kappa shape index (κ2) is 5.79. The summed E-state index contributed by atoms with van der Waals surface area (Å²) in [7, 11) is 0. The van der Waals surface area contributed by atoms with Gasteiger partial charge in [-0.05, 0) is 0 Å². The third-order valence-electron chi connectivity index (χ3n) is 1.57. The Bertz CT molecular complexity index is 334. The van der Waals surface area contributed by atoms with Gasteiger partial charge in [0.1, 0.15) is 11.6 Å². The highest BCUT2D eigenvalue weighted by Crippen LogP contribution is 2.24. The summed E-state index contributed by atoms with van der Waals surface area (Å²) in [5, 5.41) is 0.431. The van der Waals surface area contributed by atoms with Crippen LogP contribution in [0, 0.1) is 0 Å². The first-order valence-corrected chi connectivity index (χ1v) is 5.54. The van der Waals surface area contributed by atoms with Crippen molar-refractivity contribution in [2.24, 2.45) is 0 Å². The minimum absolute atomic E-state index is 0.218. The number of aromatic nitrogens is 1. The van der Waals surface area contributed by atoms with Crippen LogP contribution in [-0.2, 0) is 17.2 Å². The fourth-order valence-corrected chi connectivity index (χ4v) is 1.76. The summed E-state index contributed by atoms with van der Waals surface area (Å²) >= 11 is 6.69. The molecule has 0 spiro atoms. The molecule has 0 atom stereocenters. The highest BCUT2D eigenvalue weighted by atomic mass is 35.5. The van der Waals surface area contributed by atoms with Gasteiger partial charge in [0.2, 0.25) is 0 Å². The van der Waals surface area contributed by atoms with Crippen molar-refractivity contribution in [1.29, 1.82) is 0 Å². The van der Waals surface area contributed by atoms with Gasteiger partial charge in [-0.15, -0.1) is 22.9 Å². The van der Waals surface area contributed by atoms with Crippen LogP contribution in [0.2, 0.25) is 0 Å². The van der Waals surface area contributed by atoms with Crippen molar-refractivity contribution in [2.75, 3.05) is 6.61 Å². The lowest BCUT2D eigenvalue weighted by molar-refractivity contribution is -0.168. The van der Waals surface area contributed by atoms with Crippen LogP contribution in [0.25, 0.3) is 0 Å². The Morgan fingerprint density at radius 1 is 1.50 bits per heavy atom. The van der Waals surface area contributed by atoms with Gasteiger partial charge >= 0.3 is 12.3 Å². The quantitative estimate of drug-likeness (QED) is 0.588. The maximum Gasteiger partial charge on any atom is 0.330 e. The predicted molar refractivity (Wildman–Crippen MR) is 52.3 cm³/mol. The van der Waals surface area contributed by atoms with Crippen LogP contribution in [0.4, 0.5) is 17.6 Å². The molecule has 0 aromatic carbocycles. The molecule has 0 radical (unpaired) electrons. The SMILES string of the molecule is FC(F)C(F)(F)COCc1ncc(CCl)s1. The lowest BCUT2D eigenvalue weighted by Crippen LogP contribution is -2.32. The van der Waals surface area contributed by atoms with E-state index in [0.717, 1.165) is 4.88 Å².